The molecule has 0 aliphatic carbocycles. The first kappa shape index (κ1) is 15.5. The highest BCUT2D eigenvalue weighted by Gasteiger charge is 2.19. The van der Waals surface area contributed by atoms with Gasteiger partial charge in [-0.2, -0.15) is 4.98 Å². The van der Waals surface area contributed by atoms with Crippen LogP contribution < -0.4 is 14.8 Å². The summed E-state index contributed by atoms with van der Waals surface area (Å²) < 4.78 is 10.4. The molecule has 1 N–H and O–H groups in total. The van der Waals surface area contributed by atoms with Gasteiger partial charge in [-0.1, -0.05) is 29.8 Å². The zero-order chi connectivity index (χ0) is 15.2. The fraction of sp³-hybridized carbons (Fsp3) is 0.333. The lowest BCUT2D eigenvalue weighted by Crippen LogP contribution is -2.21. The van der Waals surface area contributed by atoms with Gasteiger partial charge in [-0.15, -0.1) is 0 Å². The second-order valence-electron chi connectivity index (χ2n) is 4.44. The molecule has 112 valence electrons. The first-order chi connectivity index (χ1) is 10.2. The molecule has 5 nitrogen and oxygen atoms in total. The topological polar surface area (TPSA) is 56.3 Å². The number of methoxy groups -OCH3 is 2. The second kappa shape index (κ2) is 7.24. The Morgan fingerprint density at radius 1 is 1.24 bits per heavy atom. The van der Waals surface area contributed by atoms with Gasteiger partial charge < -0.3 is 14.8 Å². The zero-order valence-corrected chi connectivity index (χ0v) is 13.0. The molecular formula is C15H18ClN3O2. The van der Waals surface area contributed by atoms with E-state index in [-0.39, 0.29) is 6.04 Å². The Balaban J connectivity index is 2.31. The molecule has 0 spiro atoms. The molecule has 2 aromatic rings. The Labute approximate surface area is 129 Å². The second-order valence-corrected chi connectivity index (χ2v) is 4.85. The van der Waals surface area contributed by atoms with Crippen LogP contribution in [-0.2, 0) is 6.42 Å². The minimum absolute atomic E-state index is 0.0572. The van der Waals surface area contributed by atoms with E-state index in [0.717, 1.165) is 16.3 Å². The zero-order valence-electron chi connectivity index (χ0n) is 12.3. The average molecular weight is 308 g/mol. The predicted molar refractivity (Wildman–Crippen MR) is 82.1 cm³/mol. The van der Waals surface area contributed by atoms with Crippen LogP contribution in [0.5, 0.6) is 11.8 Å². The van der Waals surface area contributed by atoms with Crippen molar-refractivity contribution in [2.45, 2.75) is 12.5 Å². The van der Waals surface area contributed by atoms with Crippen LogP contribution in [0, 0.1) is 0 Å². The number of benzene rings is 1. The van der Waals surface area contributed by atoms with Crippen molar-refractivity contribution in [3.63, 3.8) is 0 Å². The van der Waals surface area contributed by atoms with E-state index in [2.05, 4.69) is 15.3 Å². The van der Waals surface area contributed by atoms with Gasteiger partial charge in [0, 0.05) is 5.02 Å². The summed E-state index contributed by atoms with van der Waals surface area (Å²) in [6, 6.07) is 7.69. The van der Waals surface area contributed by atoms with E-state index in [1.54, 1.807) is 20.4 Å². The fourth-order valence-electron chi connectivity index (χ4n) is 2.07. The van der Waals surface area contributed by atoms with Crippen LogP contribution in [-0.4, -0.2) is 31.2 Å². The van der Waals surface area contributed by atoms with E-state index in [0.29, 0.717) is 18.2 Å². The van der Waals surface area contributed by atoms with Gasteiger partial charge in [0.2, 0.25) is 11.8 Å². The maximum absolute atomic E-state index is 6.22. The van der Waals surface area contributed by atoms with Gasteiger partial charge in [0.05, 0.1) is 26.5 Å². The van der Waals surface area contributed by atoms with E-state index >= 15 is 0 Å². The molecule has 6 heteroatoms. The van der Waals surface area contributed by atoms with Crippen LogP contribution in [0.1, 0.15) is 17.3 Å². The van der Waals surface area contributed by atoms with Crippen LogP contribution in [0.3, 0.4) is 0 Å². The average Bonchev–Trinajstić information content (AvgIpc) is 2.53. The van der Waals surface area contributed by atoms with Crippen molar-refractivity contribution in [2.24, 2.45) is 0 Å². The SMILES string of the molecule is CNC(Cc1ccccc1Cl)c1ncc(OC)nc1OC. The van der Waals surface area contributed by atoms with Crippen LogP contribution in [0.15, 0.2) is 30.5 Å². The molecule has 1 heterocycles. The summed E-state index contributed by atoms with van der Waals surface area (Å²) in [5, 5.41) is 3.96. The van der Waals surface area contributed by atoms with Crippen molar-refractivity contribution in [2.75, 3.05) is 21.3 Å². The first-order valence-electron chi connectivity index (χ1n) is 6.55. The van der Waals surface area contributed by atoms with Crippen LogP contribution in [0.4, 0.5) is 0 Å². The van der Waals surface area contributed by atoms with Crippen molar-refractivity contribution in [3.05, 3.63) is 46.7 Å². The van der Waals surface area contributed by atoms with Crippen LogP contribution in [0.2, 0.25) is 5.02 Å². The molecule has 2 rings (SSSR count). The molecule has 0 fully saturated rings. The molecule has 1 atom stereocenters. The molecule has 1 unspecified atom stereocenters. The Kier molecular flexibility index (Phi) is 5.36. The Morgan fingerprint density at radius 3 is 2.62 bits per heavy atom. The number of rotatable bonds is 6. The highest BCUT2D eigenvalue weighted by Crippen LogP contribution is 2.27. The van der Waals surface area contributed by atoms with E-state index in [1.165, 1.54) is 0 Å². The molecule has 1 aromatic heterocycles. The van der Waals surface area contributed by atoms with Crippen molar-refractivity contribution < 1.29 is 9.47 Å². The molecule has 1 aromatic carbocycles. The third-order valence-corrected chi connectivity index (χ3v) is 3.58. The Bertz CT molecular complexity index is 607. The van der Waals surface area contributed by atoms with Gasteiger partial charge in [-0.05, 0) is 25.1 Å². The first-order valence-corrected chi connectivity index (χ1v) is 6.93. The van der Waals surface area contributed by atoms with Crippen molar-refractivity contribution in [1.82, 2.24) is 15.3 Å². The van der Waals surface area contributed by atoms with Gasteiger partial charge in [-0.3, -0.25) is 0 Å². The number of nitrogens with one attached hydrogen (secondary N) is 1. The summed E-state index contributed by atoms with van der Waals surface area (Å²) in [5.74, 6) is 0.865. The summed E-state index contributed by atoms with van der Waals surface area (Å²) in [5.41, 5.74) is 1.76. The molecular weight excluding hydrogens is 290 g/mol. The van der Waals surface area contributed by atoms with Gasteiger partial charge in [-0.25, -0.2) is 4.98 Å². The normalized spacial score (nSPS) is 12.0. The van der Waals surface area contributed by atoms with Gasteiger partial charge in [0.25, 0.3) is 0 Å². The minimum atomic E-state index is -0.0572. The maximum atomic E-state index is 6.22. The van der Waals surface area contributed by atoms with E-state index in [9.17, 15) is 0 Å². The molecule has 0 radical (unpaired) electrons. The Morgan fingerprint density at radius 2 is 2.00 bits per heavy atom. The number of hydrogen-bond acceptors (Lipinski definition) is 5. The number of nitrogens with zero attached hydrogens (tertiary/aromatic N) is 2. The molecule has 0 bridgehead atoms. The molecule has 0 aliphatic heterocycles. The lowest BCUT2D eigenvalue weighted by Gasteiger charge is -2.18. The van der Waals surface area contributed by atoms with E-state index < -0.39 is 0 Å². The third-order valence-electron chi connectivity index (χ3n) is 3.21. The Hall–Kier alpha value is -1.85. The fourth-order valence-corrected chi connectivity index (χ4v) is 2.29. The number of ether oxygens (including phenoxy) is 2. The predicted octanol–water partition coefficient (Wildman–Crippen LogP) is 2.65. The summed E-state index contributed by atoms with van der Waals surface area (Å²) in [6.45, 7) is 0. The van der Waals surface area contributed by atoms with Gasteiger partial charge in [0.1, 0.15) is 5.69 Å². The van der Waals surface area contributed by atoms with Gasteiger partial charge >= 0.3 is 0 Å². The highest BCUT2D eigenvalue weighted by atomic mass is 35.5. The number of aromatic nitrogens is 2. The van der Waals surface area contributed by atoms with Crippen molar-refractivity contribution >= 4 is 11.6 Å². The summed E-state index contributed by atoms with van der Waals surface area (Å²) in [6.07, 6.45) is 2.27. The molecule has 0 amide bonds. The quantitative estimate of drug-likeness (QED) is 0.889. The van der Waals surface area contributed by atoms with E-state index in [1.807, 2.05) is 31.3 Å². The van der Waals surface area contributed by atoms with E-state index in [4.69, 9.17) is 21.1 Å². The summed E-state index contributed by atoms with van der Waals surface area (Å²) in [7, 11) is 4.98. The number of halogens is 1. The summed E-state index contributed by atoms with van der Waals surface area (Å²) >= 11 is 6.22. The summed E-state index contributed by atoms with van der Waals surface area (Å²) in [4.78, 5) is 8.66. The molecule has 0 saturated carbocycles. The standard InChI is InChI=1S/C15H18ClN3O2/c1-17-12(8-10-6-4-5-7-11(10)16)14-15(21-3)19-13(20-2)9-18-14/h4-7,9,12,17H,8H2,1-3H3. The number of hydrogen-bond donors (Lipinski definition) is 1. The molecule has 0 aliphatic rings. The van der Waals surface area contributed by atoms with Crippen molar-refractivity contribution in [3.8, 4) is 11.8 Å². The van der Waals surface area contributed by atoms with Crippen molar-refractivity contribution in [1.29, 1.82) is 0 Å². The number of likely N-dealkylation sites (N-methyl/N-ethyl adjacent to an activating group) is 1. The minimum Gasteiger partial charge on any atom is -0.480 e. The van der Waals surface area contributed by atoms with Crippen LogP contribution in [0.25, 0.3) is 0 Å². The monoisotopic (exact) mass is 307 g/mol. The molecule has 0 saturated heterocycles. The highest BCUT2D eigenvalue weighted by molar-refractivity contribution is 6.31. The third kappa shape index (κ3) is 3.62. The van der Waals surface area contributed by atoms with Gasteiger partial charge in [0.15, 0.2) is 0 Å². The van der Waals surface area contributed by atoms with Crippen LogP contribution >= 0.6 is 11.6 Å². The smallest absolute Gasteiger partial charge is 0.240 e. The molecule has 21 heavy (non-hydrogen) atoms. The largest absolute Gasteiger partial charge is 0.480 e. The lowest BCUT2D eigenvalue weighted by molar-refractivity contribution is 0.350. The lowest BCUT2D eigenvalue weighted by atomic mass is 10.0. The maximum Gasteiger partial charge on any atom is 0.240 e.